The second-order valence-electron chi connectivity index (χ2n) is 5.64. The van der Waals surface area contributed by atoms with Crippen molar-refractivity contribution in [1.29, 1.82) is 0 Å². The van der Waals surface area contributed by atoms with Crippen molar-refractivity contribution in [2.24, 2.45) is 0 Å². The summed E-state index contributed by atoms with van der Waals surface area (Å²) in [5.74, 6) is 1.45. The number of aryl methyl sites for hydroxylation is 1. The highest BCUT2D eigenvalue weighted by molar-refractivity contribution is 6.29. The summed E-state index contributed by atoms with van der Waals surface area (Å²) >= 11 is 6.06. The van der Waals surface area contributed by atoms with E-state index in [0.717, 1.165) is 17.3 Å². The SMILES string of the molecule is Cc1cccc(Nc2cc(Cl)nc(C(C)(C)C)n2)c1. The third-order valence-electron chi connectivity index (χ3n) is 2.66. The predicted molar refractivity (Wildman–Crippen MR) is 80.2 cm³/mol. The minimum absolute atomic E-state index is 0.131. The first-order chi connectivity index (χ1) is 8.84. The Morgan fingerprint density at radius 1 is 1.11 bits per heavy atom. The number of hydrogen-bond donors (Lipinski definition) is 1. The van der Waals surface area contributed by atoms with Gasteiger partial charge in [0, 0.05) is 17.2 Å². The summed E-state index contributed by atoms with van der Waals surface area (Å²) < 4.78 is 0. The highest BCUT2D eigenvalue weighted by Crippen LogP contribution is 2.24. The van der Waals surface area contributed by atoms with Crippen LogP contribution < -0.4 is 5.32 Å². The second-order valence-corrected chi connectivity index (χ2v) is 6.03. The molecule has 0 atom stereocenters. The molecular formula is C15H18ClN3. The molecule has 0 aliphatic heterocycles. The van der Waals surface area contributed by atoms with E-state index in [2.05, 4.69) is 55.1 Å². The summed E-state index contributed by atoms with van der Waals surface area (Å²) in [6.45, 7) is 8.25. The van der Waals surface area contributed by atoms with E-state index in [1.165, 1.54) is 5.56 Å². The molecule has 0 radical (unpaired) electrons. The molecule has 1 aromatic heterocycles. The van der Waals surface area contributed by atoms with Crippen LogP contribution in [0.2, 0.25) is 5.15 Å². The molecule has 100 valence electrons. The number of hydrogen-bond acceptors (Lipinski definition) is 3. The maximum atomic E-state index is 6.06. The molecule has 0 amide bonds. The molecule has 0 fully saturated rings. The molecule has 2 aromatic rings. The van der Waals surface area contributed by atoms with Gasteiger partial charge >= 0.3 is 0 Å². The number of aromatic nitrogens is 2. The zero-order valence-electron chi connectivity index (χ0n) is 11.7. The van der Waals surface area contributed by atoms with Crippen LogP contribution in [-0.2, 0) is 5.41 Å². The molecule has 1 heterocycles. The Hall–Kier alpha value is -1.61. The van der Waals surface area contributed by atoms with Crippen LogP contribution in [0.4, 0.5) is 11.5 Å². The van der Waals surface area contributed by atoms with Crippen LogP contribution in [0, 0.1) is 6.92 Å². The molecule has 0 aliphatic rings. The lowest BCUT2D eigenvalue weighted by Gasteiger charge is -2.18. The average molecular weight is 276 g/mol. The minimum atomic E-state index is -0.131. The molecule has 4 heteroatoms. The van der Waals surface area contributed by atoms with Crippen molar-refractivity contribution in [3.8, 4) is 0 Å². The van der Waals surface area contributed by atoms with Crippen molar-refractivity contribution < 1.29 is 0 Å². The molecule has 0 bridgehead atoms. The van der Waals surface area contributed by atoms with E-state index < -0.39 is 0 Å². The minimum Gasteiger partial charge on any atom is -0.340 e. The first-order valence-electron chi connectivity index (χ1n) is 6.23. The lowest BCUT2D eigenvalue weighted by Crippen LogP contribution is -2.16. The molecule has 2 rings (SSSR count). The number of halogens is 1. The Kier molecular flexibility index (Phi) is 3.76. The smallest absolute Gasteiger partial charge is 0.137 e. The van der Waals surface area contributed by atoms with E-state index in [-0.39, 0.29) is 5.41 Å². The van der Waals surface area contributed by atoms with Crippen LogP contribution in [0.5, 0.6) is 0 Å². The normalized spacial score (nSPS) is 11.4. The van der Waals surface area contributed by atoms with E-state index in [1.807, 2.05) is 12.1 Å². The number of nitrogens with zero attached hydrogens (tertiary/aromatic N) is 2. The van der Waals surface area contributed by atoms with Crippen molar-refractivity contribution in [2.45, 2.75) is 33.1 Å². The Balaban J connectivity index is 2.33. The molecule has 0 spiro atoms. The highest BCUT2D eigenvalue weighted by Gasteiger charge is 2.18. The molecule has 1 N–H and O–H groups in total. The summed E-state index contributed by atoms with van der Waals surface area (Å²) in [6, 6.07) is 9.86. The number of benzene rings is 1. The maximum Gasteiger partial charge on any atom is 0.137 e. The van der Waals surface area contributed by atoms with Crippen molar-refractivity contribution in [1.82, 2.24) is 9.97 Å². The molecule has 3 nitrogen and oxygen atoms in total. The topological polar surface area (TPSA) is 37.8 Å². The van der Waals surface area contributed by atoms with Crippen molar-refractivity contribution in [3.05, 3.63) is 46.9 Å². The van der Waals surface area contributed by atoms with Crippen LogP contribution >= 0.6 is 11.6 Å². The van der Waals surface area contributed by atoms with Gasteiger partial charge < -0.3 is 5.32 Å². The Morgan fingerprint density at radius 3 is 2.47 bits per heavy atom. The van der Waals surface area contributed by atoms with E-state index >= 15 is 0 Å². The number of anilines is 2. The largest absolute Gasteiger partial charge is 0.340 e. The lowest BCUT2D eigenvalue weighted by atomic mass is 9.96. The first kappa shape index (κ1) is 13.8. The summed E-state index contributed by atoms with van der Waals surface area (Å²) in [6.07, 6.45) is 0. The zero-order chi connectivity index (χ0) is 14.0. The fraction of sp³-hybridized carbons (Fsp3) is 0.333. The van der Waals surface area contributed by atoms with Crippen molar-refractivity contribution >= 4 is 23.1 Å². The van der Waals surface area contributed by atoms with Gasteiger partial charge in [-0.1, -0.05) is 44.5 Å². The quantitative estimate of drug-likeness (QED) is 0.821. The van der Waals surface area contributed by atoms with Gasteiger partial charge in [0.25, 0.3) is 0 Å². The van der Waals surface area contributed by atoms with Gasteiger partial charge in [0.05, 0.1) is 0 Å². The maximum absolute atomic E-state index is 6.06. The van der Waals surface area contributed by atoms with E-state index in [9.17, 15) is 0 Å². The molecule has 0 saturated heterocycles. The highest BCUT2D eigenvalue weighted by atomic mass is 35.5. The van der Waals surface area contributed by atoms with Gasteiger partial charge in [0.15, 0.2) is 0 Å². The lowest BCUT2D eigenvalue weighted by molar-refractivity contribution is 0.546. The summed E-state index contributed by atoms with van der Waals surface area (Å²) in [7, 11) is 0. The van der Waals surface area contributed by atoms with Crippen LogP contribution in [0.1, 0.15) is 32.2 Å². The molecule has 0 saturated carbocycles. The van der Waals surface area contributed by atoms with Gasteiger partial charge in [0.1, 0.15) is 16.8 Å². The average Bonchev–Trinajstić information content (AvgIpc) is 2.26. The van der Waals surface area contributed by atoms with Crippen LogP contribution in [0.25, 0.3) is 0 Å². The molecule has 0 aliphatic carbocycles. The van der Waals surface area contributed by atoms with E-state index in [1.54, 1.807) is 6.07 Å². The van der Waals surface area contributed by atoms with Gasteiger partial charge in [-0.15, -0.1) is 0 Å². The number of rotatable bonds is 2. The monoisotopic (exact) mass is 275 g/mol. The van der Waals surface area contributed by atoms with Gasteiger partial charge in [-0.3, -0.25) is 0 Å². The fourth-order valence-electron chi connectivity index (χ4n) is 1.69. The molecular weight excluding hydrogens is 258 g/mol. The van der Waals surface area contributed by atoms with E-state index in [4.69, 9.17) is 11.6 Å². The van der Waals surface area contributed by atoms with Crippen molar-refractivity contribution in [2.75, 3.05) is 5.32 Å². The van der Waals surface area contributed by atoms with Crippen LogP contribution in [0.15, 0.2) is 30.3 Å². The predicted octanol–water partition coefficient (Wildman–Crippen LogP) is 4.48. The Labute approximate surface area is 119 Å². The Morgan fingerprint density at radius 2 is 1.84 bits per heavy atom. The van der Waals surface area contributed by atoms with Gasteiger partial charge in [-0.05, 0) is 24.6 Å². The van der Waals surface area contributed by atoms with E-state index in [0.29, 0.717) is 5.15 Å². The summed E-state index contributed by atoms with van der Waals surface area (Å²) in [5.41, 5.74) is 2.06. The van der Waals surface area contributed by atoms with Crippen molar-refractivity contribution in [3.63, 3.8) is 0 Å². The Bertz CT molecular complexity index is 588. The van der Waals surface area contributed by atoms with Gasteiger partial charge in [-0.2, -0.15) is 0 Å². The summed E-state index contributed by atoms with van der Waals surface area (Å²) in [4.78, 5) is 8.80. The standard InChI is InChI=1S/C15H18ClN3/c1-10-6-5-7-11(8-10)17-13-9-12(16)18-14(19-13)15(2,3)4/h5-9H,1-4H3,(H,17,18,19). The third kappa shape index (κ3) is 3.67. The molecule has 19 heavy (non-hydrogen) atoms. The van der Waals surface area contributed by atoms with Gasteiger partial charge in [-0.25, -0.2) is 9.97 Å². The second kappa shape index (κ2) is 5.17. The molecule has 1 aromatic carbocycles. The zero-order valence-corrected chi connectivity index (χ0v) is 12.4. The van der Waals surface area contributed by atoms with Gasteiger partial charge in [0.2, 0.25) is 0 Å². The number of nitrogens with one attached hydrogen (secondary N) is 1. The molecule has 0 unspecified atom stereocenters. The van der Waals surface area contributed by atoms with Crippen LogP contribution in [0.3, 0.4) is 0 Å². The first-order valence-corrected chi connectivity index (χ1v) is 6.61. The summed E-state index contributed by atoms with van der Waals surface area (Å²) in [5, 5.41) is 3.72. The third-order valence-corrected chi connectivity index (χ3v) is 2.85. The fourth-order valence-corrected chi connectivity index (χ4v) is 1.87. The van der Waals surface area contributed by atoms with Crippen LogP contribution in [-0.4, -0.2) is 9.97 Å².